The monoisotopic (exact) mass is 247 g/mol. The summed E-state index contributed by atoms with van der Waals surface area (Å²) in [5.74, 6) is 2.81. The van der Waals surface area contributed by atoms with Crippen LogP contribution in [0.4, 0.5) is 0 Å². The molecule has 0 aromatic heterocycles. The van der Waals surface area contributed by atoms with Crippen LogP contribution in [0.3, 0.4) is 0 Å². The fourth-order valence-electron chi connectivity index (χ4n) is 1.74. The number of hydrogen-bond donors (Lipinski definition) is 1. The SMILES string of the molecule is C#CCOc1ccc(C(CC)C(N)=O)cc1OC. The van der Waals surface area contributed by atoms with Gasteiger partial charge in [0.05, 0.1) is 13.0 Å². The van der Waals surface area contributed by atoms with E-state index in [1.54, 1.807) is 18.2 Å². The summed E-state index contributed by atoms with van der Waals surface area (Å²) < 4.78 is 10.5. The van der Waals surface area contributed by atoms with Crippen molar-refractivity contribution >= 4 is 5.91 Å². The number of carbonyl (C=O) groups excluding carboxylic acids is 1. The zero-order valence-electron chi connectivity index (χ0n) is 10.6. The number of nitrogens with two attached hydrogens (primary N) is 1. The predicted molar refractivity (Wildman–Crippen MR) is 69.5 cm³/mol. The first-order valence-electron chi connectivity index (χ1n) is 5.67. The van der Waals surface area contributed by atoms with E-state index < -0.39 is 0 Å². The van der Waals surface area contributed by atoms with E-state index in [4.69, 9.17) is 21.6 Å². The van der Waals surface area contributed by atoms with Gasteiger partial charge in [-0.25, -0.2) is 0 Å². The van der Waals surface area contributed by atoms with Gasteiger partial charge in [0.15, 0.2) is 11.5 Å². The van der Waals surface area contributed by atoms with Gasteiger partial charge >= 0.3 is 0 Å². The molecule has 0 heterocycles. The second-order valence-corrected chi connectivity index (χ2v) is 3.77. The lowest BCUT2D eigenvalue weighted by atomic mass is 9.95. The zero-order chi connectivity index (χ0) is 13.5. The molecule has 2 N–H and O–H groups in total. The largest absolute Gasteiger partial charge is 0.493 e. The second-order valence-electron chi connectivity index (χ2n) is 3.77. The minimum absolute atomic E-state index is 0.169. The Morgan fingerprint density at radius 3 is 2.72 bits per heavy atom. The highest BCUT2D eigenvalue weighted by atomic mass is 16.5. The van der Waals surface area contributed by atoms with E-state index in [0.717, 1.165) is 5.56 Å². The summed E-state index contributed by atoms with van der Waals surface area (Å²) in [7, 11) is 1.53. The highest BCUT2D eigenvalue weighted by Crippen LogP contribution is 2.31. The summed E-state index contributed by atoms with van der Waals surface area (Å²) in [5, 5.41) is 0. The summed E-state index contributed by atoms with van der Waals surface area (Å²) >= 11 is 0. The Labute approximate surface area is 107 Å². The smallest absolute Gasteiger partial charge is 0.224 e. The van der Waals surface area contributed by atoms with Crippen molar-refractivity contribution in [3.05, 3.63) is 23.8 Å². The number of rotatable bonds is 6. The third-order valence-electron chi connectivity index (χ3n) is 2.65. The average Bonchev–Trinajstić information content (AvgIpc) is 2.37. The number of terminal acetylenes is 1. The fraction of sp³-hybridized carbons (Fsp3) is 0.357. The number of hydrogen-bond acceptors (Lipinski definition) is 3. The van der Waals surface area contributed by atoms with Gasteiger partial charge in [0.1, 0.15) is 6.61 Å². The van der Waals surface area contributed by atoms with Gasteiger partial charge in [-0.05, 0) is 24.1 Å². The number of benzene rings is 1. The van der Waals surface area contributed by atoms with Crippen LogP contribution in [-0.2, 0) is 4.79 Å². The molecule has 18 heavy (non-hydrogen) atoms. The van der Waals surface area contributed by atoms with Crippen LogP contribution in [0, 0.1) is 12.3 Å². The van der Waals surface area contributed by atoms with E-state index in [9.17, 15) is 4.79 Å². The van der Waals surface area contributed by atoms with Crippen LogP contribution in [0.25, 0.3) is 0 Å². The molecular formula is C14H17NO3. The van der Waals surface area contributed by atoms with Crippen LogP contribution in [0.5, 0.6) is 11.5 Å². The van der Waals surface area contributed by atoms with Gasteiger partial charge in [-0.3, -0.25) is 4.79 Å². The quantitative estimate of drug-likeness (QED) is 0.778. The Balaban J connectivity index is 3.04. The van der Waals surface area contributed by atoms with Crippen LogP contribution in [0.2, 0.25) is 0 Å². The van der Waals surface area contributed by atoms with Crippen molar-refractivity contribution in [3.8, 4) is 23.8 Å². The Morgan fingerprint density at radius 2 is 2.22 bits per heavy atom. The molecule has 1 amide bonds. The number of methoxy groups -OCH3 is 1. The summed E-state index contributed by atoms with van der Waals surface area (Å²) in [5.41, 5.74) is 6.17. The van der Waals surface area contributed by atoms with Crippen LogP contribution in [0.15, 0.2) is 18.2 Å². The highest BCUT2D eigenvalue weighted by Gasteiger charge is 2.17. The van der Waals surface area contributed by atoms with Gasteiger partial charge < -0.3 is 15.2 Å². The molecule has 0 bridgehead atoms. The van der Waals surface area contributed by atoms with E-state index in [-0.39, 0.29) is 18.4 Å². The van der Waals surface area contributed by atoms with Crippen molar-refractivity contribution in [3.63, 3.8) is 0 Å². The summed E-state index contributed by atoms with van der Waals surface area (Å²) in [6.07, 6.45) is 5.77. The molecule has 4 nitrogen and oxygen atoms in total. The molecule has 1 unspecified atom stereocenters. The van der Waals surface area contributed by atoms with Crippen LogP contribution >= 0.6 is 0 Å². The number of amides is 1. The first-order valence-corrected chi connectivity index (χ1v) is 5.67. The molecule has 1 atom stereocenters. The molecule has 0 saturated carbocycles. The third kappa shape index (κ3) is 3.17. The first-order chi connectivity index (χ1) is 8.63. The molecule has 0 saturated heterocycles. The molecule has 0 spiro atoms. The number of primary amides is 1. The molecule has 0 aliphatic heterocycles. The van der Waals surface area contributed by atoms with E-state index in [2.05, 4.69) is 5.92 Å². The summed E-state index contributed by atoms with van der Waals surface area (Å²) in [6, 6.07) is 5.29. The third-order valence-corrected chi connectivity index (χ3v) is 2.65. The maximum Gasteiger partial charge on any atom is 0.224 e. The lowest BCUT2D eigenvalue weighted by molar-refractivity contribution is -0.119. The van der Waals surface area contributed by atoms with Crippen molar-refractivity contribution in [1.82, 2.24) is 0 Å². The van der Waals surface area contributed by atoms with Crippen molar-refractivity contribution in [2.24, 2.45) is 5.73 Å². The topological polar surface area (TPSA) is 61.5 Å². The van der Waals surface area contributed by atoms with Crippen molar-refractivity contribution in [1.29, 1.82) is 0 Å². The number of carbonyl (C=O) groups is 1. The van der Waals surface area contributed by atoms with Crippen LogP contribution in [0.1, 0.15) is 24.8 Å². The lowest BCUT2D eigenvalue weighted by Crippen LogP contribution is -2.20. The van der Waals surface area contributed by atoms with Gasteiger partial charge in [-0.15, -0.1) is 6.42 Å². The van der Waals surface area contributed by atoms with E-state index in [0.29, 0.717) is 17.9 Å². The van der Waals surface area contributed by atoms with Crippen molar-refractivity contribution < 1.29 is 14.3 Å². The predicted octanol–water partition coefficient (Wildman–Crippen LogP) is 1.69. The first kappa shape index (κ1) is 13.9. The molecule has 4 heteroatoms. The van der Waals surface area contributed by atoms with E-state index >= 15 is 0 Å². The van der Waals surface area contributed by atoms with E-state index in [1.807, 2.05) is 6.92 Å². The maximum absolute atomic E-state index is 11.3. The van der Waals surface area contributed by atoms with Gasteiger partial charge in [0, 0.05) is 0 Å². The Hall–Kier alpha value is -2.15. The van der Waals surface area contributed by atoms with E-state index in [1.165, 1.54) is 7.11 Å². The molecule has 1 rings (SSSR count). The highest BCUT2D eigenvalue weighted by molar-refractivity contribution is 5.82. The maximum atomic E-state index is 11.3. The van der Waals surface area contributed by atoms with Gasteiger partial charge in [-0.2, -0.15) is 0 Å². The molecule has 1 aromatic carbocycles. The molecule has 0 fully saturated rings. The summed E-state index contributed by atoms with van der Waals surface area (Å²) in [6.45, 7) is 2.08. The zero-order valence-corrected chi connectivity index (χ0v) is 10.6. The number of ether oxygens (including phenoxy) is 2. The Bertz CT molecular complexity index is 463. The van der Waals surface area contributed by atoms with Gasteiger partial charge in [0.25, 0.3) is 0 Å². The Kier molecular flexibility index (Phi) is 5.06. The van der Waals surface area contributed by atoms with Gasteiger partial charge in [0.2, 0.25) is 5.91 Å². The fourth-order valence-corrected chi connectivity index (χ4v) is 1.74. The summed E-state index contributed by atoms with van der Waals surface area (Å²) in [4.78, 5) is 11.3. The minimum atomic E-state index is -0.350. The second kappa shape index (κ2) is 6.55. The molecule has 96 valence electrons. The molecule has 0 radical (unpaired) electrons. The van der Waals surface area contributed by atoms with Gasteiger partial charge in [-0.1, -0.05) is 18.9 Å². The normalized spacial score (nSPS) is 11.4. The minimum Gasteiger partial charge on any atom is -0.493 e. The average molecular weight is 247 g/mol. The molecule has 0 aliphatic rings. The lowest BCUT2D eigenvalue weighted by Gasteiger charge is -2.14. The van der Waals surface area contributed by atoms with Crippen LogP contribution in [-0.4, -0.2) is 19.6 Å². The molecule has 0 aliphatic carbocycles. The molecule has 1 aromatic rings. The Morgan fingerprint density at radius 1 is 1.50 bits per heavy atom. The standard InChI is InChI=1S/C14H17NO3/c1-4-8-18-12-7-6-10(9-13(12)17-3)11(5-2)14(15)16/h1,6-7,9,11H,5,8H2,2-3H3,(H2,15,16). The molecular weight excluding hydrogens is 230 g/mol. The van der Waals surface area contributed by atoms with Crippen molar-refractivity contribution in [2.45, 2.75) is 19.3 Å². The van der Waals surface area contributed by atoms with Crippen LogP contribution < -0.4 is 15.2 Å². The van der Waals surface area contributed by atoms with Crippen molar-refractivity contribution in [2.75, 3.05) is 13.7 Å².